The van der Waals surface area contributed by atoms with Crippen molar-refractivity contribution in [1.82, 2.24) is 9.97 Å². The molecular formula is C13H16N4O. The van der Waals surface area contributed by atoms with Crippen molar-refractivity contribution >= 4 is 22.6 Å². The molecule has 94 valence electrons. The number of fused-ring (bicyclic) bond motifs is 1. The maximum absolute atomic E-state index is 11.8. The fourth-order valence-corrected chi connectivity index (χ4v) is 1.72. The maximum atomic E-state index is 11.8. The van der Waals surface area contributed by atoms with Crippen molar-refractivity contribution in [3.63, 3.8) is 0 Å². The molecule has 0 aliphatic carbocycles. The van der Waals surface area contributed by atoms with Gasteiger partial charge >= 0.3 is 0 Å². The van der Waals surface area contributed by atoms with Gasteiger partial charge in [-0.25, -0.2) is 0 Å². The Morgan fingerprint density at radius 3 is 2.78 bits per heavy atom. The molecule has 5 nitrogen and oxygen atoms in total. The maximum Gasteiger partial charge on any atom is 0.241 e. The van der Waals surface area contributed by atoms with E-state index >= 15 is 0 Å². The van der Waals surface area contributed by atoms with Crippen molar-refractivity contribution < 1.29 is 4.79 Å². The predicted octanol–water partition coefficient (Wildman–Crippen LogP) is 1.70. The fraction of sp³-hybridized carbons (Fsp3) is 0.308. The first kappa shape index (κ1) is 12.4. The van der Waals surface area contributed by atoms with E-state index < -0.39 is 6.04 Å². The number of carbonyl (C=O) groups excluding carboxylic acids is 1. The van der Waals surface area contributed by atoms with Crippen LogP contribution in [-0.4, -0.2) is 21.9 Å². The Bertz CT molecular complexity index is 555. The predicted molar refractivity (Wildman–Crippen MR) is 71.1 cm³/mol. The van der Waals surface area contributed by atoms with E-state index in [0.29, 0.717) is 12.1 Å². The Morgan fingerprint density at radius 1 is 1.33 bits per heavy atom. The van der Waals surface area contributed by atoms with Crippen LogP contribution >= 0.6 is 0 Å². The number of carbonyl (C=O) groups is 1. The Balaban J connectivity index is 2.14. The molecule has 1 unspecified atom stereocenters. The first-order valence-corrected chi connectivity index (χ1v) is 5.98. The summed E-state index contributed by atoms with van der Waals surface area (Å²) in [5, 5.41) is 2.79. The first-order valence-electron chi connectivity index (χ1n) is 5.98. The molecule has 0 fully saturated rings. The molecule has 0 bridgehead atoms. The second-order valence-corrected chi connectivity index (χ2v) is 4.14. The molecule has 0 saturated carbocycles. The molecule has 2 aromatic rings. The molecule has 18 heavy (non-hydrogen) atoms. The van der Waals surface area contributed by atoms with E-state index in [-0.39, 0.29) is 5.91 Å². The normalized spacial score (nSPS) is 12.3. The smallest absolute Gasteiger partial charge is 0.241 e. The molecule has 1 aromatic carbocycles. The summed E-state index contributed by atoms with van der Waals surface area (Å²) >= 11 is 0. The summed E-state index contributed by atoms with van der Waals surface area (Å²) in [6.07, 6.45) is 4.82. The molecular weight excluding hydrogens is 228 g/mol. The van der Waals surface area contributed by atoms with Crippen LogP contribution in [0.4, 0.5) is 5.69 Å². The topological polar surface area (TPSA) is 80.9 Å². The van der Waals surface area contributed by atoms with Crippen molar-refractivity contribution in [2.45, 2.75) is 25.8 Å². The molecule has 0 aliphatic rings. The van der Waals surface area contributed by atoms with Gasteiger partial charge in [-0.2, -0.15) is 0 Å². The molecule has 0 radical (unpaired) electrons. The van der Waals surface area contributed by atoms with Crippen LogP contribution in [0.3, 0.4) is 0 Å². The Hall–Kier alpha value is -2.01. The molecule has 5 heteroatoms. The van der Waals surface area contributed by atoms with Gasteiger partial charge < -0.3 is 11.1 Å². The van der Waals surface area contributed by atoms with Crippen molar-refractivity contribution in [2.75, 3.05) is 5.32 Å². The molecule has 1 atom stereocenters. The number of rotatable bonds is 4. The molecule has 0 aliphatic heterocycles. The van der Waals surface area contributed by atoms with Gasteiger partial charge in [0.2, 0.25) is 5.91 Å². The fourth-order valence-electron chi connectivity index (χ4n) is 1.72. The third-order valence-corrected chi connectivity index (χ3v) is 2.67. The average Bonchev–Trinajstić information content (AvgIpc) is 2.39. The lowest BCUT2D eigenvalue weighted by atomic mass is 10.1. The van der Waals surface area contributed by atoms with Crippen LogP contribution in [0.15, 0.2) is 30.6 Å². The van der Waals surface area contributed by atoms with Crippen LogP contribution < -0.4 is 11.1 Å². The van der Waals surface area contributed by atoms with E-state index in [1.165, 1.54) is 0 Å². The summed E-state index contributed by atoms with van der Waals surface area (Å²) in [7, 11) is 0. The summed E-state index contributed by atoms with van der Waals surface area (Å²) in [6, 6.07) is 4.95. The molecule has 1 amide bonds. The molecule has 3 N–H and O–H groups in total. The van der Waals surface area contributed by atoms with Crippen LogP contribution in [0.5, 0.6) is 0 Å². The van der Waals surface area contributed by atoms with E-state index in [2.05, 4.69) is 15.3 Å². The number of nitrogens with zero attached hydrogens (tertiary/aromatic N) is 2. The highest BCUT2D eigenvalue weighted by Gasteiger charge is 2.12. The van der Waals surface area contributed by atoms with Crippen LogP contribution in [0.25, 0.3) is 11.0 Å². The van der Waals surface area contributed by atoms with Crippen molar-refractivity contribution in [1.29, 1.82) is 0 Å². The molecule has 1 aromatic heterocycles. The number of hydrogen-bond acceptors (Lipinski definition) is 4. The van der Waals surface area contributed by atoms with Crippen LogP contribution in [0, 0.1) is 0 Å². The number of nitrogens with two attached hydrogens (primary N) is 1. The highest BCUT2D eigenvalue weighted by molar-refractivity contribution is 5.96. The van der Waals surface area contributed by atoms with E-state index in [9.17, 15) is 4.79 Å². The van der Waals surface area contributed by atoms with Crippen molar-refractivity contribution in [3.8, 4) is 0 Å². The summed E-state index contributed by atoms with van der Waals surface area (Å²) in [4.78, 5) is 20.1. The van der Waals surface area contributed by atoms with Gasteiger partial charge in [-0.05, 0) is 24.6 Å². The standard InChI is InChI=1S/C13H16N4O/c1-2-3-10(14)13(18)17-9-4-5-11-12(8-9)16-7-6-15-11/h4-8,10H,2-3,14H2,1H3,(H,17,18). The van der Waals surface area contributed by atoms with Gasteiger partial charge in [-0.3, -0.25) is 14.8 Å². The van der Waals surface area contributed by atoms with Crippen molar-refractivity contribution in [2.24, 2.45) is 5.73 Å². The number of anilines is 1. The van der Waals surface area contributed by atoms with Gasteiger partial charge in [-0.1, -0.05) is 13.3 Å². The molecule has 0 saturated heterocycles. The summed E-state index contributed by atoms with van der Waals surface area (Å²) in [5.74, 6) is -0.167. The lowest BCUT2D eigenvalue weighted by molar-refractivity contribution is -0.117. The number of nitrogens with one attached hydrogen (secondary N) is 1. The van der Waals surface area contributed by atoms with Gasteiger partial charge in [0.05, 0.1) is 17.1 Å². The zero-order valence-electron chi connectivity index (χ0n) is 10.3. The third-order valence-electron chi connectivity index (χ3n) is 2.67. The number of aromatic nitrogens is 2. The number of benzene rings is 1. The minimum atomic E-state index is -0.465. The average molecular weight is 244 g/mol. The van der Waals surface area contributed by atoms with E-state index in [1.54, 1.807) is 24.5 Å². The van der Waals surface area contributed by atoms with E-state index in [0.717, 1.165) is 17.5 Å². The van der Waals surface area contributed by atoms with Gasteiger partial charge in [0.15, 0.2) is 0 Å². The van der Waals surface area contributed by atoms with Gasteiger partial charge in [0, 0.05) is 18.1 Å². The van der Waals surface area contributed by atoms with Gasteiger partial charge in [0.1, 0.15) is 0 Å². The lowest BCUT2D eigenvalue weighted by Gasteiger charge is -2.11. The highest BCUT2D eigenvalue weighted by Crippen LogP contribution is 2.15. The molecule has 1 heterocycles. The zero-order valence-corrected chi connectivity index (χ0v) is 10.3. The summed E-state index contributed by atoms with van der Waals surface area (Å²) in [5.41, 5.74) is 7.99. The van der Waals surface area contributed by atoms with Gasteiger partial charge in [-0.15, -0.1) is 0 Å². The summed E-state index contributed by atoms with van der Waals surface area (Å²) in [6.45, 7) is 2.00. The Kier molecular flexibility index (Phi) is 3.84. The van der Waals surface area contributed by atoms with Crippen LogP contribution in [0.2, 0.25) is 0 Å². The largest absolute Gasteiger partial charge is 0.325 e. The third kappa shape index (κ3) is 2.81. The second kappa shape index (κ2) is 5.55. The summed E-state index contributed by atoms with van der Waals surface area (Å²) < 4.78 is 0. The number of amides is 1. The van der Waals surface area contributed by atoms with E-state index in [1.807, 2.05) is 13.0 Å². The monoisotopic (exact) mass is 244 g/mol. The Labute approximate surface area is 105 Å². The molecule has 0 spiro atoms. The lowest BCUT2D eigenvalue weighted by Crippen LogP contribution is -2.35. The first-order chi connectivity index (χ1) is 8.70. The second-order valence-electron chi connectivity index (χ2n) is 4.14. The quantitative estimate of drug-likeness (QED) is 0.857. The number of hydrogen-bond donors (Lipinski definition) is 2. The zero-order chi connectivity index (χ0) is 13.0. The highest BCUT2D eigenvalue weighted by atomic mass is 16.2. The Morgan fingerprint density at radius 2 is 2.06 bits per heavy atom. The minimum Gasteiger partial charge on any atom is -0.325 e. The van der Waals surface area contributed by atoms with Crippen LogP contribution in [-0.2, 0) is 4.79 Å². The van der Waals surface area contributed by atoms with Gasteiger partial charge in [0.25, 0.3) is 0 Å². The van der Waals surface area contributed by atoms with E-state index in [4.69, 9.17) is 5.73 Å². The van der Waals surface area contributed by atoms with Crippen molar-refractivity contribution in [3.05, 3.63) is 30.6 Å². The molecule has 2 rings (SSSR count). The van der Waals surface area contributed by atoms with Crippen LogP contribution in [0.1, 0.15) is 19.8 Å². The minimum absolute atomic E-state index is 0.167. The SMILES string of the molecule is CCCC(N)C(=O)Nc1ccc2nccnc2c1.